The largest absolute Gasteiger partial charge is 0.394 e. The van der Waals surface area contributed by atoms with Crippen LogP contribution >= 0.6 is 23.4 Å². The van der Waals surface area contributed by atoms with Gasteiger partial charge in [-0.25, -0.2) is 9.97 Å². The molecule has 1 aromatic carbocycles. The van der Waals surface area contributed by atoms with Crippen molar-refractivity contribution in [3.8, 4) is 0 Å². The fourth-order valence-corrected chi connectivity index (χ4v) is 4.33. The van der Waals surface area contributed by atoms with Crippen LogP contribution in [0.3, 0.4) is 0 Å². The van der Waals surface area contributed by atoms with Crippen molar-refractivity contribution in [2.24, 2.45) is 0 Å². The molecule has 4 atom stereocenters. The standard InChI is InChI=1S/C18H18ClN3O4S/c19-13-6-12(27-8-10-4-2-1-3-5-10)14-17(21-13)22(9-20-14)18-16(25)15(24)11(7-23)26-18/h1-6,9,11,15-16,18,23-25H,7-8H2. The van der Waals surface area contributed by atoms with E-state index in [2.05, 4.69) is 9.97 Å². The van der Waals surface area contributed by atoms with Gasteiger partial charge < -0.3 is 20.1 Å². The summed E-state index contributed by atoms with van der Waals surface area (Å²) in [5.74, 6) is 0.747. The van der Waals surface area contributed by atoms with Gasteiger partial charge in [0.05, 0.1) is 12.9 Å². The Morgan fingerprint density at radius 2 is 1.96 bits per heavy atom. The summed E-state index contributed by atoms with van der Waals surface area (Å²) in [5.41, 5.74) is 2.26. The fourth-order valence-electron chi connectivity index (χ4n) is 3.09. The summed E-state index contributed by atoms with van der Waals surface area (Å²) in [6.45, 7) is -0.395. The van der Waals surface area contributed by atoms with Crippen molar-refractivity contribution < 1.29 is 20.1 Å². The van der Waals surface area contributed by atoms with Crippen LogP contribution in [-0.2, 0) is 10.5 Å². The monoisotopic (exact) mass is 407 g/mol. The number of thioether (sulfide) groups is 1. The Morgan fingerprint density at radius 1 is 1.19 bits per heavy atom. The summed E-state index contributed by atoms with van der Waals surface area (Å²) in [5, 5.41) is 29.9. The van der Waals surface area contributed by atoms with E-state index in [0.717, 1.165) is 10.6 Å². The van der Waals surface area contributed by atoms with E-state index in [1.165, 1.54) is 16.5 Å². The number of ether oxygens (including phenoxy) is 1. The zero-order valence-corrected chi connectivity index (χ0v) is 15.7. The van der Waals surface area contributed by atoms with Gasteiger partial charge in [-0.05, 0) is 11.6 Å². The summed E-state index contributed by atoms with van der Waals surface area (Å²) >= 11 is 7.79. The molecule has 0 bridgehead atoms. The second kappa shape index (κ2) is 7.75. The zero-order valence-electron chi connectivity index (χ0n) is 14.1. The molecule has 3 N–H and O–H groups in total. The van der Waals surface area contributed by atoms with Crippen LogP contribution in [-0.4, -0.2) is 54.8 Å². The molecular weight excluding hydrogens is 390 g/mol. The molecule has 3 heterocycles. The normalized spacial score (nSPS) is 25.3. The van der Waals surface area contributed by atoms with Crippen LogP contribution < -0.4 is 0 Å². The molecule has 0 spiro atoms. The molecule has 1 aliphatic rings. The SMILES string of the molecule is OCC1OC(n2cnc3c(SCc4ccccc4)cc(Cl)nc32)C(O)C1O. The molecule has 142 valence electrons. The average molecular weight is 408 g/mol. The quantitative estimate of drug-likeness (QED) is 0.439. The minimum atomic E-state index is -1.21. The number of rotatable bonds is 5. The lowest BCUT2D eigenvalue weighted by molar-refractivity contribution is -0.0511. The van der Waals surface area contributed by atoms with Crippen LogP contribution in [0.1, 0.15) is 11.8 Å². The van der Waals surface area contributed by atoms with E-state index in [9.17, 15) is 15.3 Å². The summed E-state index contributed by atoms with van der Waals surface area (Å²) in [4.78, 5) is 9.60. The number of aromatic nitrogens is 3. The molecule has 2 aromatic heterocycles. The minimum Gasteiger partial charge on any atom is -0.394 e. The summed E-state index contributed by atoms with van der Waals surface area (Å²) < 4.78 is 7.12. The Bertz CT molecular complexity index is 939. The number of halogens is 1. The molecule has 1 saturated heterocycles. The van der Waals surface area contributed by atoms with E-state index in [-0.39, 0.29) is 0 Å². The van der Waals surface area contributed by atoms with Crippen LogP contribution in [0.25, 0.3) is 11.2 Å². The van der Waals surface area contributed by atoms with Gasteiger partial charge in [0.2, 0.25) is 0 Å². The number of hydrogen-bond acceptors (Lipinski definition) is 7. The average Bonchev–Trinajstić information content (AvgIpc) is 3.22. The summed E-state index contributed by atoms with van der Waals surface area (Å²) in [6, 6.07) is 11.8. The maximum absolute atomic E-state index is 10.3. The molecule has 0 radical (unpaired) electrons. The van der Waals surface area contributed by atoms with E-state index in [1.54, 1.807) is 17.8 Å². The molecule has 1 fully saturated rings. The number of hydrogen-bond donors (Lipinski definition) is 3. The number of aliphatic hydroxyl groups is 3. The smallest absolute Gasteiger partial charge is 0.165 e. The van der Waals surface area contributed by atoms with E-state index in [4.69, 9.17) is 16.3 Å². The first-order chi connectivity index (χ1) is 13.1. The number of pyridine rings is 1. The zero-order chi connectivity index (χ0) is 19.0. The van der Waals surface area contributed by atoms with E-state index in [1.807, 2.05) is 30.3 Å². The van der Waals surface area contributed by atoms with Crippen molar-refractivity contribution >= 4 is 34.5 Å². The Labute approximate surface area is 164 Å². The van der Waals surface area contributed by atoms with Crippen molar-refractivity contribution in [1.82, 2.24) is 14.5 Å². The highest BCUT2D eigenvalue weighted by atomic mass is 35.5. The number of benzene rings is 1. The molecule has 4 rings (SSSR count). The Morgan fingerprint density at radius 3 is 2.67 bits per heavy atom. The van der Waals surface area contributed by atoms with Gasteiger partial charge in [0.15, 0.2) is 11.9 Å². The maximum Gasteiger partial charge on any atom is 0.165 e. The van der Waals surface area contributed by atoms with Gasteiger partial charge in [-0.2, -0.15) is 0 Å². The lowest BCUT2D eigenvalue weighted by Crippen LogP contribution is -2.33. The van der Waals surface area contributed by atoms with Crippen LogP contribution in [0.4, 0.5) is 0 Å². The van der Waals surface area contributed by atoms with Crippen LogP contribution in [0.15, 0.2) is 47.6 Å². The fraction of sp³-hybridized carbons (Fsp3) is 0.333. The molecule has 3 aromatic rings. The summed E-state index contributed by atoms with van der Waals surface area (Å²) in [6.07, 6.45) is -2.67. The number of imidazole rings is 1. The van der Waals surface area contributed by atoms with Crippen LogP contribution in [0.2, 0.25) is 5.15 Å². The maximum atomic E-state index is 10.3. The first-order valence-electron chi connectivity index (χ1n) is 8.40. The topological polar surface area (TPSA) is 101 Å². The second-order valence-corrected chi connectivity index (χ2v) is 7.67. The van der Waals surface area contributed by atoms with Crippen LogP contribution in [0.5, 0.6) is 0 Å². The van der Waals surface area contributed by atoms with Crippen molar-refractivity contribution in [3.63, 3.8) is 0 Å². The predicted octanol–water partition coefficient (Wildman–Crippen LogP) is 1.99. The molecule has 1 aliphatic heterocycles. The Kier molecular flexibility index (Phi) is 5.36. The first kappa shape index (κ1) is 18.7. The lowest BCUT2D eigenvalue weighted by Gasteiger charge is -2.16. The van der Waals surface area contributed by atoms with Gasteiger partial charge in [-0.15, -0.1) is 11.8 Å². The lowest BCUT2D eigenvalue weighted by atomic mass is 10.1. The van der Waals surface area contributed by atoms with Gasteiger partial charge in [-0.3, -0.25) is 4.57 Å². The third kappa shape index (κ3) is 3.56. The highest BCUT2D eigenvalue weighted by Crippen LogP contribution is 2.35. The first-order valence-corrected chi connectivity index (χ1v) is 9.77. The van der Waals surface area contributed by atoms with Gasteiger partial charge in [0.25, 0.3) is 0 Å². The van der Waals surface area contributed by atoms with E-state index in [0.29, 0.717) is 16.3 Å². The molecule has 27 heavy (non-hydrogen) atoms. The highest BCUT2D eigenvalue weighted by Gasteiger charge is 2.44. The van der Waals surface area contributed by atoms with Gasteiger partial charge in [0, 0.05) is 10.6 Å². The Hall–Kier alpha value is -1.68. The molecule has 4 unspecified atom stereocenters. The van der Waals surface area contributed by atoms with Crippen LogP contribution in [0, 0.1) is 0 Å². The number of aliphatic hydroxyl groups excluding tert-OH is 3. The van der Waals surface area contributed by atoms with Gasteiger partial charge in [0.1, 0.15) is 29.0 Å². The molecule has 0 aliphatic carbocycles. The van der Waals surface area contributed by atoms with Crippen molar-refractivity contribution in [2.45, 2.75) is 35.2 Å². The van der Waals surface area contributed by atoms with Crippen molar-refractivity contribution in [2.75, 3.05) is 6.61 Å². The Balaban J connectivity index is 1.66. The van der Waals surface area contributed by atoms with Crippen molar-refractivity contribution in [1.29, 1.82) is 0 Å². The van der Waals surface area contributed by atoms with E-state index >= 15 is 0 Å². The third-order valence-corrected chi connectivity index (χ3v) is 5.79. The van der Waals surface area contributed by atoms with Crippen molar-refractivity contribution in [3.05, 3.63) is 53.4 Å². The molecule has 9 heteroatoms. The minimum absolute atomic E-state index is 0.298. The number of fused-ring (bicyclic) bond motifs is 1. The third-order valence-electron chi connectivity index (χ3n) is 4.49. The molecule has 7 nitrogen and oxygen atoms in total. The van der Waals surface area contributed by atoms with Gasteiger partial charge >= 0.3 is 0 Å². The number of nitrogens with zero attached hydrogens (tertiary/aromatic N) is 3. The van der Waals surface area contributed by atoms with Gasteiger partial charge in [-0.1, -0.05) is 41.9 Å². The van der Waals surface area contributed by atoms with E-state index < -0.39 is 31.1 Å². The highest BCUT2D eigenvalue weighted by molar-refractivity contribution is 7.98. The molecule has 0 amide bonds. The molecule has 0 saturated carbocycles. The molecular formula is C18H18ClN3O4S. The second-order valence-electron chi connectivity index (χ2n) is 6.27. The predicted molar refractivity (Wildman–Crippen MR) is 102 cm³/mol. The summed E-state index contributed by atoms with van der Waals surface area (Å²) in [7, 11) is 0.